The lowest BCUT2D eigenvalue weighted by atomic mass is 9.77. The molecule has 2 rings (SSSR count). The number of likely N-dealkylation sites (tertiary alicyclic amines) is 1. The molecule has 1 aromatic rings. The molecule has 0 aromatic heterocycles. The molecular formula is C17H28N2O. The Morgan fingerprint density at radius 3 is 2.70 bits per heavy atom. The summed E-state index contributed by atoms with van der Waals surface area (Å²) in [6, 6.07) is 10.9. The Morgan fingerprint density at radius 1 is 1.30 bits per heavy atom. The van der Waals surface area contributed by atoms with E-state index in [0.717, 1.165) is 32.5 Å². The number of aliphatic hydroxyl groups is 1. The Kier molecular flexibility index (Phi) is 5.19. The lowest BCUT2D eigenvalue weighted by Gasteiger charge is -2.46. The minimum absolute atomic E-state index is 0.335. The molecule has 1 aliphatic rings. The second kappa shape index (κ2) is 6.70. The van der Waals surface area contributed by atoms with E-state index in [4.69, 9.17) is 0 Å². The molecule has 0 unspecified atom stereocenters. The average molecular weight is 276 g/mol. The van der Waals surface area contributed by atoms with Gasteiger partial charge in [0.2, 0.25) is 0 Å². The first kappa shape index (κ1) is 15.5. The smallest absolute Gasteiger partial charge is 0.0712 e. The third-order valence-electron chi connectivity index (χ3n) is 4.79. The van der Waals surface area contributed by atoms with Gasteiger partial charge in [0.15, 0.2) is 0 Å². The van der Waals surface area contributed by atoms with Crippen molar-refractivity contribution in [1.29, 1.82) is 0 Å². The van der Waals surface area contributed by atoms with E-state index < -0.39 is 5.60 Å². The van der Waals surface area contributed by atoms with Gasteiger partial charge in [-0.25, -0.2) is 0 Å². The van der Waals surface area contributed by atoms with E-state index in [1.54, 1.807) is 0 Å². The van der Waals surface area contributed by atoms with E-state index in [0.29, 0.717) is 12.0 Å². The molecule has 0 saturated carbocycles. The van der Waals surface area contributed by atoms with Crippen LogP contribution in [0.2, 0.25) is 0 Å². The molecule has 1 aromatic carbocycles. The van der Waals surface area contributed by atoms with Crippen molar-refractivity contribution in [1.82, 2.24) is 10.2 Å². The van der Waals surface area contributed by atoms with Gasteiger partial charge in [-0.05, 0) is 44.8 Å². The van der Waals surface area contributed by atoms with Crippen LogP contribution < -0.4 is 5.32 Å². The second-order valence-corrected chi connectivity index (χ2v) is 6.41. The Labute approximate surface area is 123 Å². The molecule has 0 radical (unpaired) electrons. The average Bonchev–Trinajstić information content (AvgIpc) is 2.43. The van der Waals surface area contributed by atoms with Crippen molar-refractivity contribution >= 4 is 0 Å². The van der Waals surface area contributed by atoms with Gasteiger partial charge in [0.25, 0.3) is 0 Å². The van der Waals surface area contributed by atoms with Gasteiger partial charge >= 0.3 is 0 Å². The predicted molar refractivity (Wildman–Crippen MR) is 83.6 cm³/mol. The molecule has 3 heteroatoms. The van der Waals surface area contributed by atoms with Crippen molar-refractivity contribution in [2.24, 2.45) is 5.92 Å². The van der Waals surface area contributed by atoms with Crippen molar-refractivity contribution in [3.8, 4) is 0 Å². The summed E-state index contributed by atoms with van der Waals surface area (Å²) in [6.45, 7) is 7.09. The van der Waals surface area contributed by atoms with Gasteiger partial charge < -0.3 is 15.3 Å². The van der Waals surface area contributed by atoms with E-state index in [2.05, 4.69) is 55.4 Å². The van der Waals surface area contributed by atoms with E-state index in [-0.39, 0.29) is 0 Å². The van der Waals surface area contributed by atoms with Crippen LogP contribution in [0.5, 0.6) is 0 Å². The second-order valence-electron chi connectivity index (χ2n) is 6.41. The maximum atomic E-state index is 10.9. The number of piperidine rings is 1. The van der Waals surface area contributed by atoms with Crippen molar-refractivity contribution < 1.29 is 5.11 Å². The zero-order valence-electron chi connectivity index (χ0n) is 13.0. The van der Waals surface area contributed by atoms with Crippen LogP contribution in [-0.2, 0) is 6.54 Å². The van der Waals surface area contributed by atoms with Crippen LogP contribution in [0.1, 0.15) is 32.3 Å². The van der Waals surface area contributed by atoms with Gasteiger partial charge in [0, 0.05) is 19.1 Å². The molecule has 3 atom stereocenters. The highest BCUT2D eigenvalue weighted by Crippen LogP contribution is 2.33. The zero-order chi connectivity index (χ0) is 14.6. The van der Waals surface area contributed by atoms with Crippen LogP contribution in [0.3, 0.4) is 0 Å². The fraction of sp³-hybridized carbons (Fsp3) is 0.647. The predicted octanol–water partition coefficient (Wildman–Crippen LogP) is 2.26. The summed E-state index contributed by atoms with van der Waals surface area (Å²) < 4.78 is 0. The number of benzene rings is 1. The quantitative estimate of drug-likeness (QED) is 0.810. The fourth-order valence-electron chi connectivity index (χ4n) is 3.13. The molecule has 1 heterocycles. The van der Waals surface area contributed by atoms with Crippen molar-refractivity contribution in [2.75, 3.05) is 20.1 Å². The first-order chi connectivity index (χ1) is 9.51. The summed E-state index contributed by atoms with van der Waals surface area (Å²) in [5.41, 5.74) is 0.777. The molecule has 112 valence electrons. The van der Waals surface area contributed by atoms with Crippen LogP contribution in [0.25, 0.3) is 0 Å². The summed E-state index contributed by atoms with van der Waals surface area (Å²) >= 11 is 0. The van der Waals surface area contributed by atoms with Gasteiger partial charge in [-0.2, -0.15) is 0 Å². The Morgan fingerprint density at radius 2 is 2.00 bits per heavy atom. The molecule has 1 saturated heterocycles. The monoisotopic (exact) mass is 276 g/mol. The summed E-state index contributed by atoms with van der Waals surface area (Å²) in [4.78, 5) is 2.34. The van der Waals surface area contributed by atoms with E-state index in [1.165, 1.54) is 5.56 Å². The largest absolute Gasteiger partial charge is 0.389 e. The highest BCUT2D eigenvalue weighted by molar-refractivity contribution is 5.14. The Bertz CT molecular complexity index is 409. The summed E-state index contributed by atoms with van der Waals surface area (Å²) in [5.74, 6) is 0.335. The maximum Gasteiger partial charge on any atom is 0.0712 e. The topological polar surface area (TPSA) is 35.5 Å². The van der Waals surface area contributed by atoms with Gasteiger partial charge in [-0.15, -0.1) is 0 Å². The maximum absolute atomic E-state index is 10.9. The highest BCUT2D eigenvalue weighted by Gasteiger charge is 2.40. The SMILES string of the molecule is C[C@@H]1C[C@@](O)(CCNCc2ccccc2)[C@@H](C)CN1C. The van der Waals surface area contributed by atoms with Crippen LogP contribution in [-0.4, -0.2) is 41.8 Å². The van der Waals surface area contributed by atoms with Crippen LogP contribution in [0.4, 0.5) is 0 Å². The van der Waals surface area contributed by atoms with Crippen molar-refractivity contribution in [2.45, 2.75) is 44.9 Å². The van der Waals surface area contributed by atoms with Gasteiger partial charge in [-0.3, -0.25) is 0 Å². The number of nitrogens with one attached hydrogen (secondary N) is 1. The molecular weight excluding hydrogens is 248 g/mol. The van der Waals surface area contributed by atoms with Crippen LogP contribution in [0, 0.1) is 5.92 Å². The first-order valence-corrected chi connectivity index (χ1v) is 7.68. The molecule has 20 heavy (non-hydrogen) atoms. The fourth-order valence-corrected chi connectivity index (χ4v) is 3.13. The van der Waals surface area contributed by atoms with Crippen molar-refractivity contribution in [3.63, 3.8) is 0 Å². The van der Waals surface area contributed by atoms with Crippen molar-refractivity contribution in [3.05, 3.63) is 35.9 Å². The molecule has 0 amide bonds. The van der Waals surface area contributed by atoms with Crippen LogP contribution in [0.15, 0.2) is 30.3 Å². The molecule has 0 aliphatic carbocycles. The number of hydrogen-bond acceptors (Lipinski definition) is 3. The molecule has 1 fully saturated rings. The zero-order valence-corrected chi connectivity index (χ0v) is 13.0. The minimum atomic E-state index is -0.518. The molecule has 1 aliphatic heterocycles. The Balaban J connectivity index is 1.78. The number of hydrogen-bond donors (Lipinski definition) is 2. The Hall–Kier alpha value is -0.900. The van der Waals surface area contributed by atoms with Crippen LogP contribution >= 0.6 is 0 Å². The van der Waals surface area contributed by atoms with E-state index in [1.807, 2.05) is 6.07 Å². The molecule has 0 spiro atoms. The standard InChI is InChI=1S/C17H28N2O/c1-14-13-19(3)15(2)11-17(14,20)9-10-18-12-16-7-5-4-6-8-16/h4-8,14-15,18,20H,9-13H2,1-3H3/t14-,15+,17-/m0/s1. The van der Waals surface area contributed by atoms with Gasteiger partial charge in [0.05, 0.1) is 5.60 Å². The summed E-state index contributed by atoms with van der Waals surface area (Å²) in [6.07, 6.45) is 1.71. The summed E-state index contributed by atoms with van der Waals surface area (Å²) in [5, 5.41) is 14.3. The van der Waals surface area contributed by atoms with Gasteiger partial charge in [-0.1, -0.05) is 37.3 Å². The highest BCUT2D eigenvalue weighted by atomic mass is 16.3. The van der Waals surface area contributed by atoms with E-state index >= 15 is 0 Å². The van der Waals surface area contributed by atoms with E-state index in [9.17, 15) is 5.11 Å². The third kappa shape index (κ3) is 3.81. The third-order valence-corrected chi connectivity index (χ3v) is 4.79. The normalized spacial score (nSPS) is 31.4. The molecule has 2 N–H and O–H groups in total. The molecule has 0 bridgehead atoms. The minimum Gasteiger partial charge on any atom is -0.389 e. The molecule has 3 nitrogen and oxygen atoms in total. The number of nitrogens with zero attached hydrogens (tertiary/aromatic N) is 1. The lowest BCUT2D eigenvalue weighted by Crippen LogP contribution is -2.54. The first-order valence-electron chi connectivity index (χ1n) is 7.68. The lowest BCUT2D eigenvalue weighted by molar-refractivity contribution is -0.0831. The summed E-state index contributed by atoms with van der Waals surface area (Å²) in [7, 11) is 2.15. The van der Waals surface area contributed by atoms with Gasteiger partial charge in [0.1, 0.15) is 0 Å². The number of rotatable bonds is 5.